The lowest BCUT2D eigenvalue weighted by Gasteiger charge is -2.19. The average Bonchev–Trinajstić information content (AvgIpc) is 3.25. The summed E-state index contributed by atoms with van der Waals surface area (Å²) in [4.78, 5) is 50.2. The average molecular weight is 522 g/mol. The number of benzene rings is 2. The van der Waals surface area contributed by atoms with Crippen molar-refractivity contribution in [3.8, 4) is 5.75 Å². The lowest BCUT2D eigenvalue weighted by molar-refractivity contribution is -0.149. The summed E-state index contributed by atoms with van der Waals surface area (Å²) in [5.74, 6) is 0.0225. The summed E-state index contributed by atoms with van der Waals surface area (Å²) >= 11 is 0. The van der Waals surface area contributed by atoms with Crippen LogP contribution in [-0.2, 0) is 32.1 Å². The van der Waals surface area contributed by atoms with Crippen LogP contribution in [0.4, 0.5) is 0 Å². The Morgan fingerprint density at radius 1 is 1.11 bits per heavy atom. The van der Waals surface area contributed by atoms with Gasteiger partial charge in [-0.2, -0.15) is 0 Å². The van der Waals surface area contributed by atoms with Crippen molar-refractivity contribution >= 4 is 11.9 Å². The highest BCUT2D eigenvalue weighted by molar-refractivity contribution is 5.79. The minimum atomic E-state index is -0.751. The van der Waals surface area contributed by atoms with Crippen LogP contribution in [0.15, 0.2) is 64.3 Å². The van der Waals surface area contributed by atoms with E-state index in [1.807, 2.05) is 56.3 Å². The molecule has 1 aromatic heterocycles. The molecular formula is C28H31N3O7. The SMILES string of the molecule is CC(=O)O[C@H]1C[C@H](n2ccc(=O)[nH]c2=O)O[C@@H]1CNC(=O)Cc1c(C)cc(OCc2ccccc2)cc1C. The van der Waals surface area contributed by atoms with E-state index in [1.54, 1.807) is 0 Å². The van der Waals surface area contributed by atoms with Crippen LogP contribution in [-0.4, -0.2) is 40.2 Å². The van der Waals surface area contributed by atoms with Gasteiger partial charge in [0.25, 0.3) is 5.56 Å². The van der Waals surface area contributed by atoms with Crippen molar-refractivity contribution in [2.45, 2.75) is 58.7 Å². The van der Waals surface area contributed by atoms with Crippen molar-refractivity contribution in [1.82, 2.24) is 14.9 Å². The van der Waals surface area contributed by atoms with Crippen LogP contribution in [0.5, 0.6) is 5.75 Å². The molecule has 2 heterocycles. The highest BCUT2D eigenvalue weighted by atomic mass is 16.6. The number of esters is 1. The lowest BCUT2D eigenvalue weighted by Crippen LogP contribution is -2.39. The molecule has 0 bridgehead atoms. The first kappa shape index (κ1) is 26.9. The van der Waals surface area contributed by atoms with Gasteiger partial charge in [0.15, 0.2) is 0 Å². The number of aromatic nitrogens is 2. The van der Waals surface area contributed by atoms with E-state index in [0.717, 1.165) is 28.0 Å². The van der Waals surface area contributed by atoms with Crippen LogP contribution in [0, 0.1) is 13.8 Å². The van der Waals surface area contributed by atoms with Gasteiger partial charge < -0.3 is 19.5 Å². The van der Waals surface area contributed by atoms with Gasteiger partial charge in [0.2, 0.25) is 5.91 Å². The van der Waals surface area contributed by atoms with Crippen molar-refractivity contribution in [2.24, 2.45) is 0 Å². The summed E-state index contributed by atoms with van der Waals surface area (Å²) in [6.07, 6.45) is -0.391. The third kappa shape index (κ3) is 6.77. The second-order valence-electron chi connectivity index (χ2n) is 9.32. The Bertz CT molecular complexity index is 1390. The highest BCUT2D eigenvalue weighted by Crippen LogP contribution is 2.30. The Morgan fingerprint density at radius 2 is 1.82 bits per heavy atom. The predicted octanol–water partition coefficient (Wildman–Crippen LogP) is 2.31. The molecule has 0 unspecified atom stereocenters. The summed E-state index contributed by atoms with van der Waals surface area (Å²) in [5.41, 5.74) is 2.70. The summed E-state index contributed by atoms with van der Waals surface area (Å²) in [6.45, 7) is 5.70. The van der Waals surface area contributed by atoms with Gasteiger partial charge in [-0.25, -0.2) is 4.79 Å². The fourth-order valence-electron chi connectivity index (χ4n) is 4.54. The van der Waals surface area contributed by atoms with Crippen molar-refractivity contribution in [3.05, 3.63) is 97.8 Å². The zero-order valence-corrected chi connectivity index (χ0v) is 21.6. The Hall–Kier alpha value is -4.18. The molecule has 3 atom stereocenters. The number of nitrogens with one attached hydrogen (secondary N) is 2. The van der Waals surface area contributed by atoms with Gasteiger partial charge in [-0.05, 0) is 48.2 Å². The largest absolute Gasteiger partial charge is 0.489 e. The molecule has 3 aromatic rings. The van der Waals surface area contributed by atoms with E-state index in [-0.39, 0.29) is 25.3 Å². The molecule has 10 heteroatoms. The molecular weight excluding hydrogens is 490 g/mol. The Balaban J connectivity index is 1.37. The number of aryl methyl sites for hydroxylation is 2. The van der Waals surface area contributed by atoms with Gasteiger partial charge >= 0.3 is 11.7 Å². The zero-order chi connectivity index (χ0) is 27.2. The van der Waals surface area contributed by atoms with E-state index >= 15 is 0 Å². The first-order chi connectivity index (χ1) is 18.2. The van der Waals surface area contributed by atoms with E-state index in [4.69, 9.17) is 14.2 Å². The zero-order valence-electron chi connectivity index (χ0n) is 21.6. The van der Waals surface area contributed by atoms with Crippen LogP contribution in [0.3, 0.4) is 0 Å². The van der Waals surface area contributed by atoms with E-state index in [1.165, 1.54) is 23.8 Å². The predicted molar refractivity (Wildman–Crippen MR) is 139 cm³/mol. The lowest BCUT2D eigenvalue weighted by atomic mass is 9.99. The second kappa shape index (κ2) is 11.9. The number of carbonyl (C=O) groups is 2. The molecule has 0 saturated carbocycles. The van der Waals surface area contributed by atoms with E-state index < -0.39 is 35.7 Å². The minimum absolute atomic E-state index is 0.0851. The van der Waals surface area contributed by atoms with Crippen LogP contribution in [0.1, 0.15) is 41.8 Å². The summed E-state index contributed by atoms with van der Waals surface area (Å²) in [5, 5.41) is 2.86. The normalized spacial score (nSPS) is 18.7. The maximum atomic E-state index is 12.8. The maximum absolute atomic E-state index is 12.8. The third-order valence-corrected chi connectivity index (χ3v) is 6.41. The molecule has 0 spiro atoms. The molecule has 1 aliphatic heterocycles. The summed E-state index contributed by atoms with van der Waals surface area (Å²) < 4.78 is 18.5. The quantitative estimate of drug-likeness (QED) is 0.414. The van der Waals surface area contributed by atoms with Gasteiger partial charge in [0.1, 0.15) is 30.8 Å². The van der Waals surface area contributed by atoms with E-state index in [0.29, 0.717) is 6.61 Å². The van der Waals surface area contributed by atoms with Crippen LogP contribution >= 0.6 is 0 Å². The van der Waals surface area contributed by atoms with E-state index in [9.17, 15) is 19.2 Å². The molecule has 1 amide bonds. The molecule has 38 heavy (non-hydrogen) atoms. The first-order valence-corrected chi connectivity index (χ1v) is 12.4. The van der Waals surface area contributed by atoms with Crippen molar-refractivity contribution in [3.63, 3.8) is 0 Å². The van der Waals surface area contributed by atoms with Gasteiger partial charge in [-0.15, -0.1) is 0 Å². The van der Waals surface area contributed by atoms with Crippen LogP contribution in [0.2, 0.25) is 0 Å². The fourth-order valence-corrected chi connectivity index (χ4v) is 4.54. The van der Waals surface area contributed by atoms with Crippen molar-refractivity contribution < 1.29 is 23.8 Å². The smallest absolute Gasteiger partial charge is 0.330 e. The molecule has 2 aromatic carbocycles. The topological polar surface area (TPSA) is 129 Å². The number of rotatable bonds is 9. The number of amides is 1. The van der Waals surface area contributed by atoms with Gasteiger partial charge in [-0.1, -0.05) is 30.3 Å². The first-order valence-electron chi connectivity index (χ1n) is 12.4. The van der Waals surface area contributed by atoms with Gasteiger partial charge in [0, 0.05) is 32.2 Å². The number of hydrogen-bond donors (Lipinski definition) is 2. The Kier molecular flexibility index (Phi) is 8.42. The third-order valence-electron chi connectivity index (χ3n) is 6.41. The number of carbonyl (C=O) groups excluding carboxylic acids is 2. The molecule has 0 radical (unpaired) electrons. The maximum Gasteiger partial charge on any atom is 0.330 e. The molecule has 4 rings (SSSR count). The molecule has 1 saturated heterocycles. The van der Waals surface area contributed by atoms with E-state index in [2.05, 4.69) is 10.3 Å². The molecule has 0 aliphatic carbocycles. The standard InChI is InChI=1S/C28H31N3O7/c1-17-11-21(36-16-20-7-5-4-6-8-20)12-18(2)22(17)13-26(34)29-15-24-23(37-19(3)32)14-27(38-24)31-10-9-25(33)30-28(31)35/h4-12,23-24,27H,13-16H2,1-3H3,(H,29,34)(H,30,33,35)/t23-,24+,27+/m0/s1. The fraction of sp³-hybridized carbons (Fsp3) is 0.357. The molecule has 2 N–H and O–H groups in total. The summed E-state index contributed by atoms with van der Waals surface area (Å²) in [6, 6.07) is 14.9. The minimum Gasteiger partial charge on any atom is -0.489 e. The number of nitrogens with zero attached hydrogens (tertiary/aromatic N) is 1. The van der Waals surface area contributed by atoms with Gasteiger partial charge in [-0.3, -0.25) is 23.9 Å². The van der Waals surface area contributed by atoms with Crippen molar-refractivity contribution in [2.75, 3.05) is 6.54 Å². The number of ether oxygens (including phenoxy) is 3. The van der Waals surface area contributed by atoms with Crippen LogP contribution < -0.4 is 21.3 Å². The monoisotopic (exact) mass is 521 g/mol. The number of hydrogen-bond acceptors (Lipinski definition) is 7. The molecule has 10 nitrogen and oxygen atoms in total. The Morgan fingerprint density at radius 3 is 2.47 bits per heavy atom. The molecule has 200 valence electrons. The number of H-pyrrole nitrogens is 1. The second-order valence-corrected chi connectivity index (χ2v) is 9.32. The number of aromatic amines is 1. The van der Waals surface area contributed by atoms with Crippen molar-refractivity contribution in [1.29, 1.82) is 0 Å². The summed E-state index contributed by atoms with van der Waals surface area (Å²) in [7, 11) is 0. The molecule has 1 fully saturated rings. The van der Waals surface area contributed by atoms with Gasteiger partial charge in [0.05, 0.1) is 6.42 Å². The highest BCUT2D eigenvalue weighted by Gasteiger charge is 2.39. The molecule has 1 aliphatic rings. The van der Waals surface area contributed by atoms with Crippen LogP contribution in [0.25, 0.3) is 0 Å². The Labute approximate surface area is 219 Å².